The Hall–Kier alpha value is -4.50. The molecule has 7 aromatic rings. The Morgan fingerprint density at radius 2 is 0.639 bits per heavy atom. The lowest BCUT2D eigenvalue weighted by Crippen LogP contribution is -2.12. The van der Waals surface area contributed by atoms with Gasteiger partial charge < -0.3 is 13.7 Å². The van der Waals surface area contributed by atoms with Crippen molar-refractivity contribution in [2.45, 2.75) is 20.8 Å². The van der Waals surface area contributed by atoms with Crippen molar-refractivity contribution >= 4 is 32.7 Å². The summed E-state index contributed by atoms with van der Waals surface area (Å²) in [5.74, 6) is 0. The number of benzene rings is 4. The summed E-state index contributed by atoms with van der Waals surface area (Å²) >= 11 is 0. The minimum atomic E-state index is 1.22. The fourth-order valence-corrected chi connectivity index (χ4v) is 6.10. The van der Waals surface area contributed by atoms with Gasteiger partial charge in [-0.1, -0.05) is 54.6 Å². The van der Waals surface area contributed by atoms with Gasteiger partial charge in [-0.15, -0.1) is 0 Å². The lowest BCUT2D eigenvalue weighted by Gasteiger charge is -2.25. The van der Waals surface area contributed by atoms with E-state index in [2.05, 4.69) is 144 Å². The third-order valence-electron chi connectivity index (χ3n) is 7.65. The van der Waals surface area contributed by atoms with Gasteiger partial charge in [-0.25, -0.2) is 0 Å². The number of fused-ring (bicyclic) bond motifs is 3. The Kier molecular flexibility index (Phi) is 4.49. The van der Waals surface area contributed by atoms with E-state index < -0.39 is 0 Å². The van der Waals surface area contributed by atoms with E-state index in [0.29, 0.717) is 0 Å². The largest absolute Gasteiger partial charge is 0.316 e. The van der Waals surface area contributed by atoms with E-state index in [-0.39, 0.29) is 0 Å². The number of nitrogens with zero attached hydrogens (tertiary/aromatic N) is 3. The normalized spacial score (nSPS) is 11.8. The van der Waals surface area contributed by atoms with Crippen molar-refractivity contribution in [1.82, 2.24) is 13.7 Å². The summed E-state index contributed by atoms with van der Waals surface area (Å²) < 4.78 is 7.09. The lowest BCUT2D eigenvalue weighted by atomic mass is 9.97. The minimum absolute atomic E-state index is 1.22. The molecule has 0 aliphatic rings. The maximum absolute atomic E-state index is 2.36. The van der Waals surface area contributed by atoms with Gasteiger partial charge in [0.05, 0.1) is 33.6 Å². The van der Waals surface area contributed by atoms with Crippen molar-refractivity contribution in [3.05, 3.63) is 126 Å². The number of hydrogen-bond donors (Lipinski definition) is 0. The van der Waals surface area contributed by atoms with Gasteiger partial charge in [-0.2, -0.15) is 0 Å². The molecule has 0 spiro atoms. The molecule has 3 nitrogen and oxygen atoms in total. The molecule has 0 fully saturated rings. The van der Waals surface area contributed by atoms with E-state index in [1.54, 1.807) is 0 Å². The van der Waals surface area contributed by atoms with Crippen LogP contribution in [0.2, 0.25) is 0 Å². The third kappa shape index (κ3) is 2.86. The van der Waals surface area contributed by atoms with Gasteiger partial charge in [0, 0.05) is 18.6 Å². The standard InChI is InChI=1S/C33H27N3/c1-22-31(34-19-16-25-10-4-7-13-28(25)34)23(2)33(36-21-18-27-12-6-9-15-30(27)36)24(3)32(22)35-20-17-26-11-5-8-14-29(26)35/h4-21H,1-3H3. The SMILES string of the molecule is Cc1c(-n2ccc3ccccc32)c(C)c(-n2ccc3ccccc32)c(C)c1-n1ccc2ccccc21. The van der Waals surface area contributed by atoms with Gasteiger partial charge in [0.1, 0.15) is 0 Å². The van der Waals surface area contributed by atoms with Gasteiger partial charge >= 0.3 is 0 Å². The van der Waals surface area contributed by atoms with Crippen molar-refractivity contribution in [3.63, 3.8) is 0 Å². The zero-order valence-corrected chi connectivity index (χ0v) is 20.7. The molecule has 0 saturated heterocycles. The topological polar surface area (TPSA) is 14.8 Å². The van der Waals surface area contributed by atoms with Crippen molar-refractivity contribution < 1.29 is 0 Å². The zero-order valence-electron chi connectivity index (χ0n) is 20.7. The van der Waals surface area contributed by atoms with E-state index in [1.165, 1.54) is 66.5 Å². The van der Waals surface area contributed by atoms with Gasteiger partial charge in [0.15, 0.2) is 0 Å². The zero-order chi connectivity index (χ0) is 24.4. The average molecular weight is 466 g/mol. The molecule has 0 unspecified atom stereocenters. The van der Waals surface area contributed by atoms with Crippen molar-refractivity contribution in [1.29, 1.82) is 0 Å². The Morgan fingerprint density at radius 3 is 0.944 bits per heavy atom. The molecule has 3 aromatic heterocycles. The van der Waals surface area contributed by atoms with Crippen molar-refractivity contribution in [3.8, 4) is 17.1 Å². The maximum Gasteiger partial charge on any atom is 0.0556 e. The number of rotatable bonds is 3. The molecule has 7 rings (SSSR count). The fourth-order valence-electron chi connectivity index (χ4n) is 6.10. The Labute approximate surface area is 210 Å². The monoisotopic (exact) mass is 465 g/mol. The first kappa shape index (κ1) is 20.8. The Morgan fingerprint density at radius 1 is 0.361 bits per heavy atom. The van der Waals surface area contributed by atoms with Gasteiger partial charge in [-0.3, -0.25) is 0 Å². The highest BCUT2D eigenvalue weighted by Gasteiger charge is 2.23. The van der Waals surface area contributed by atoms with E-state index in [0.717, 1.165) is 0 Å². The van der Waals surface area contributed by atoms with Crippen LogP contribution in [0.25, 0.3) is 49.8 Å². The summed E-state index contributed by atoms with van der Waals surface area (Å²) in [4.78, 5) is 0. The van der Waals surface area contributed by atoms with Gasteiger partial charge in [0.2, 0.25) is 0 Å². The van der Waals surface area contributed by atoms with Crippen LogP contribution in [0.4, 0.5) is 0 Å². The average Bonchev–Trinajstić information content (AvgIpc) is 3.62. The number of para-hydroxylation sites is 3. The van der Waals surface area contributed by atoms with Crippen LogP contribution in [0.1, 0.15) is 16.7 Å². The highest BCUT2D eigenvalue weighted by molar-refractivity contribution is 5.88. The van der Waals surface area contributed by atoms with Gasteiger partial charge in [0.25, 0.3) is 0 Å². The van der Waals surface area contributed by atoms with Crippen LogP contribution < -0.4 is 0 Å². The smallest absolute Gasteiger partial charge is 0.0556 e. The van der Waals surface area contributed by atoms with E-state index in [1.807, 2.05) is 0 Å². The maximum atomic E-state index is 2.36. The Balaban J connectivity index is 1.64. The first-order valence-corrected chi connectivity index (χ1v) is 12.5. The summed E-state index contributed by atoms with van der Waals surface area (Å²) in [6.45, 7) is 6.81. The second-order valence-electron chi connectivity index (χ2n) is 9.65. The van der Waals surface area contributed by atoms with E-state index in [4.69, 9.17) is 0 Å². The molecular formula is C33H27N3. The molecule has 4 aromatic carbocycles. The molecule has 0 saturated carbocycles. The molecule has 0 radical (unpaired) electrons. The summed E-state index contributed by atoms with van der Waals surface area (Å²) in [5.41, 5.74) is 11.2. The quantitative estimate of drug-likeness (QED) is 0.249. The molecular weight excluding hydrogens is 438 g/mol. The summed E-state index contributed by atoms with van der Waals surface area (Å²) in [6.07, 6.45) is 6.64. The van der Waals surface area contributed by atoms with Crippen molar-refractivity contribution in [2.24, 2.45) is 0 Å². The molecule has 3 heteroatoms. The molecule has 0 atom stereocenters. The second-order valence-corrected chi connectivity index (χ2v) is 9.65. The highest BCUT2D eigenvalue weighted by atomic mass is 15.0. The first-order valence-electron chi connectivity index (χ1n) is 12.5. The number of aromatic nitrogens is 3. The second kappa shape index (κ2) is 7.76. The van der Waals surface area contributed by atoms with Crippen LogP contribution in [0, 0.1) is 20.8 Å². The first-order chi connectivity index (χ1) is 17.6. The molecule has 174 valence electrons. The summed E-state index contributed by atoms with van der Waals surface area (Å²) in [7, 11) is 0. The van der Waals surface area contributed by atoms with Crippen LogP contribution in [-0.2, 0) is 0 Å². The van der Waals surface area contributed by atoms with Crippen LogP contribution in [0.15, 0.2) is 110 Å². The molecule has 3 heterocycles. The molecule has 0 aliphatic carbocycles. The summed E-state index contributed by atoms with van der Waals surface area (Å²) in [6, 6.07) is 32.5. The Bertz CT molecular complexity index is 1680. The predicted molar refractivity (Wildman–Crippen MR) is 151 cm³/mol. The van der Waals surface area contributed by atoms with Crippen LogP contribution >= 0.6 is 0 Å². The van der Waals surface area contributed by atoms with Gasteiger partial charge in [-0.05, 0) is 90.0 Å². The van der Waals surface area contributed by atoms with Crippen molar-refractivity contribution in [2.75, 3.05) is 0 Å². The summed E-state index contributed by atoms with van der Waals surface area (Å²) in [5, 5.41) is 3.74. The third-order valence-corrected chi connectivity index (χ3v) is 7.65. The number of hydrogen-bond acceptors (Lipinski definition) is 0. The minimum Gasteiger partial charge on any atom is -0.316 e. The molecule has 0 aliphatic heterocycles. The van der Waals surface area contributed by atoms with Crippen LogP contribution in [0.3, 0.4) is 0 Å². The molecule has 0 bridgehead atoms. The lowest BCUT2D eigenvalue weighted by molar-refractivity contribution is 0.984. The highest BCUT2D eigenvalue weighted by Crippen LogP contribution is 2.39. The molecule has 36 heavy (non-hydrogen) atoms. The van der Waals surface area contributed by atoms with Crippen LogP contribution in [-0.4, -0.2) is 13.7 Å². The molecule has 0 N–H and O–H groups in total. The predicted octanol–water partition coefficient (Wildman–Crippen LogP) is 8.44. The van der Waals surface area contributed by atoms with E-state index in [9.17, 15) is 0 Å². The van der Waals surface area contributed by atoms with E-state index >= 15 is 0 Å². The fraction of sp³-hybridized carbons (Fsp3) is 0.0909. The van der Waals surface area contributed by atoms with Crippen LogP contribution in [0.5, 0.6) is 0 Å². The molecule has 0 amide bonds.